The van der Waals surface area contributed by atoms with Gasteiger partial charge < -0.3 is 19.1 Å². The van der Waals surface area contributed by atoms with Gasteiger partial charge in [0.1, 0.15) is 11.5 Å². The highest BCUT2D eigenvalue weighted by Gasteiger charge is 2.11. The molecule has 0 aromatic heterocycles. The predicted molar refractivity (Wildman–Crippen MR) is 101 cm³/mol. The number of nitrogens with zero attached hydrogens (tertiary/aromatic N) is 2. The summed E-state index contributed by atoms with van der Waals surface area (Å²) >= 11 is 0. The lowest BCUT2D eigenvalue weighted by atomic mass is 10.2. The van der Waals surface area contributed by atoms with Crippen molar-refractivity contribution in [2.45, 2.75) is 38.5 Å². The van der Waals surface area contributed by atoms with Gasteiger partial charge in [-0.3, -0.25) is 9.59 Å². The largest absolute Gasteiger partial charge is 0.427 e. The van der Waals surface area contributed by atoms with Crippen LogP contribution in [0.25, 0.3) is 6.08 Å². The van der Waals surface area contributed by atoms with E-state index in [0.717, 1.165) is 0 Å². The Morgan fingerprint density at radius 2 is 1.43 bits per heavy atom. The van der Waals surface area contributed by atoms with Crippen molar-refractivity contribution in [2.24, 2.45) is 0 Å². The van der Waals surface area contributed by atoms with E-state index in [2.05, 4.69) is 16.3 Å². The van der Waals surface area contributed by atoms with E-state index in [-0.39, 0.29) is 37.6 Å². The summed E-state index contributed by atoms with van der Waals surface area (Å²) in [6.45, 7) is 3.44. The first-order valence-electron chi connectivity index (χ1n) is 9.04. The lowest BCUT2D eigenvalue weighted by Crippen LogP contribution is -2.11. The van der Waals surface area contributed by atoms with E-state index in [1.807, 2.05) is 0 Å². The van der Waals surface area contributed by atoms with E-state index < -0.39 is 22.1 Å². The molecule has 30 heavy (non-hydrogen) atoms. The van der Waals surface area contributed by atoms with Crippen LogP contribution in [0.5, 0.6) is 11.5 Å². The number of carbonyl (C=O) groups is 2. The normalized spacial score (nSPS) is 10.0. The van der Waals surface area contributed by atoms with E-state index in [1.165, 1.54) is 24.3 Å². The van der Waals surface area contributed by atoms with Gasteiger partial charge in [-0.25, -0.2) is 0 Å². The van der Waals surface area contributed by atoms with Gasteiger partial charge in [0.15, 0.2) is 0 Å². The average molecular weight is 426 g/mol. The minimum absolute atomic E-state index is 0.0502. The second-order valence-electron chi connectivity index (χ2n) is 5.88. The van der Waals surface area contributed by atoms with Gasteiger partial charge in [0.05, 0.1) is 13.2 Å². The quantitative estimate of drug-likeness (QED) is 0.134. The number of benzene rings is 1. The molecule has 0 unspecified atom stereocenters. The van der Waals surface area contributed by atoms with Crippen LogP contribution in [0.3, 0.4) is 0 Å². The maximum atomic E-state index is 11.9. The molecular formula is C18H22N2O10. The number of esters is 2. The molecule has 1 aromatic rings. The molecule has 0 fully saturated rings. The minimum Gasteiger partial charge on any atom is -0.427 e. The van der Waals surface area contributed by atoms with Crippen LogP contribution in [0.2, 0.25) is 0 Å². The Labute approximate surface area is 171 Å². The van der Waals surface area contributed by atoms with Gasteiger partial charge in [0.25, 0.3) is 10.2 Å². The average Bonchev–Trinajstić information content (AvgIpc) is 2.68. The molecule has 0 heterocycles. The lowest BCUT2D eigenvalue weighted by Gasteiger charge is -2.10. The van der Waals surface area contributed by atoms with Crippen molar-refractivity contribution in [3.63, 3.8) is 0 Å². The zero-order valence-electron chi connectivity index (χ0n) is 16.2. The summed E-state index contributed by atoms with van der Waals surface area (Å²) in [5.74, 6) is -0.588. The maximum Gasteiger partial charge on any atom is 0.311 e. The Kier molecular flexibility index (Phi) is 10.9. The van der Waals surface area contributed by atoms with E-state index in [9.17, 15) is 29.8 Å². The molecule has 0 bridgehead atoms. The molecule has 0 N–H and O–H groups in total. The van der Waals surface area contributed by atoms with Gasteiger partial charge in [-0.1, -0.05) is 12.7 Å². The Morgan fingerprint density at radius 1 is 0.900 bits per heavy atom. The first-order chi connectivity index (χ1) is 14.3. The molecule has 12 nitrogen and oxygen atoms in total. The topological polar surface area (TPSA) is 157 Å². The molecular weight excluding hydrogens is 404 g/mol. The molecule has 1 rings (SSSR count). The first kappa shape index (κ1) is 24.3. The summed E-state index contributed by atoms with van der Waals surface area (Å²) in [6, 6.07) is 4.39. The minimum atomic E-state index is -0.895. The van der Waals surface area contributed by atoms with Gasteiger partial charge in [-0.15, -0.1) is 20.2 Å². The van der Waals surface area contributed by atoms with Crippen LogP contribution in [0.15, 0.2) is 24.8 Å². The second kappa shape index (κ2) is 13.5. The Balaban J connectivity index is 2.45. The van der Waals surface area contributed by atoms with Crippen molar-refractivity contribution in [1.82, 2.24) is 0 Å². The lowest BCUT2D eigenvalue weighted by molar-refractivity contribution is -0.757. The summed E-state index contributed by atoms with van der Waals surface area (Å²) in [5.41, 5.74) is 0.435. The molecule has 0 saturated carbocycles. The molecule has 0 aliphatic carbocycles. The number of hydrogen-bond acceptors (Lipinski definition) is 10. The molecule has 0 atom stereocenters. The van der Waals surface area contributed by atoms with Crippen LogP contribution >= 0.6 is 0 Å². The highest BCUT2D eigenvalue weighted by atomic mass is 17.0. The van der Waals surface area contributed by atoms with Gasteiger partial charge in [-0.2, -0.15) is 0 Å². The van der Waals surface area contributed by atoms with Crippen molar-refractivity contribution in [3.8, 4) is 11.5 Å². The highest BCUT2D eigenvalue weighted by molar-refractivity contribution is 5.75. The number of rotatable bonds is 15. The molecule has 0 amide bonds. The third-order valence-electron chi connectivity index (χ3n) is 3.60. The standard InChI is InChI=1S/C18H22N2O10/c1-2-14-13-15(29-17(21)7-3-5-11-27-19(23)24)9-10-16(14)30-18(22)8-4-6-12-28-20(25)26/h2,9-10,13H,1,3-8,11-12H2. The molecule has 0 aliphatic heterocycles. The summed E-state index contributed by atoms with van der Waals surface area (Å²) in [4.78, 5) is 52.1. The van der Waals surface area contributed by atoms with Crippen molar-refractivity contribution in [2.75, 3.05) is 13.2 Å². The smallest absolute Gasteiger partial charge is 0.311 e. The molecule has 0 saturated heterocycles. The number of unbranched alkanes of at least 4 members (excludes halogenated alkanes) is 2. The van der Waals surface area contributed by atoms with Crippen LogP contribution in [-0.2, 0) is 19.3 Å². The van der Waals surface area contributed by atoms with Gasteiger partial charge in [0.2, 0.25) is 0 Å². The van der Waals surface area contributed by atoms with Gasteiger partial charge >= 0.3 is 11.9 Å². The van der Waals surface area contributed by atoms with Crippen LogP contribution < -0.4 is 9.47 Å². The fraction of sp³-hybridized carbons (Fsp3) is 0.444. The Morgan fingerprint density at radius 3 is 1.93 bits per heavy atom. The molecule has 12 heteroatoms. The fourth-order valence-corrected chi connectivity index (χ4v) is 2.22. The number of hydrogen-bond donors (Lipinski definition) is 0. The predicted octanol–water partition coefficient (Wildman–Crippen LogP) is 2.90. The molecule has 0 spiro atoms. The molecule has 0 radical (unpaired) electrons. The van der Waals surface area contributed by atoms with Crippen molar-refractivity contribution >= 4 is 18.0 Å². The summed E-state index contributed by atoms with van der Waals surface area (Å²) in [6.07, 6.45) is 2.93. The van der Waals surface area contributed by atoms with E-state index in [4.69, 9.17) is 9.47 Å². The van der Waals surface area contributed by atoms with Crippen molar-refractivity contribution in [3.05, 3.63) is 50.6 Å². The van der Waals surface area contributed by atoms with Crippen LogP contribution in [0, 0.1) is 20.2 Å². The SMILES string of the molecule is C=Cc1cc(OC(=O)CCCCO[N+](=O)[O-])ccc1OC(=O)CCCCO[N+](=O)[O-]. The Bertz CT molecular complexity index is 765. The van der Waals surface area contributed by atoms with Crippen LogP contribution in [0.1, 0.15) is 44.1 Å². The Hall–Kier alpha value is -3.70. The maximum absolute atomic E-state index is 11.9. The second-order valence-corrected chi connectivity index (χ2v) is 5.88. The summed E-state index contributed by atoms with van der Waals surface area (Å²) in [7, 11) is 0. The van der Waals surface area contributed by atoms with E-state index >= 15 is 0 Å². The monoisotopic (exact) mass is 426 g/mol. The molecule has 0 aliphatic rings. The van der Waals surface area contributed by atoms with Crippen LogP contribution in [0.4, 0.5) is 0 Å². The van der Waals surface area contributed by atoms with Crippen molar-refractivity contribution < 1.29 is 38.9 Å². The van der Waals surface area contributed by atoms with E-state index in [1.54, 1.807) is 0 Å². The van der Waals surface area contributed by atoms with Gasteiger partial charge in [0, 0.05) is 18.4 Å². The van der Waals surface area contributed by atoms with Crippen molar-refractivity contribution in [1.29, 1.82) is 0 Å². The molecule has 164 valence electrons. The molecule has 1 aromatic carbocycles. The third-order valence-corrected chi connectivity index (χ3v) is 3.60. The zero-order valence-corrected chi connectivity index (χ0v) is 16.2. The third kappa shape index (κ3) is 10.6. The first-order valence-corrected chi connectivity index (χ1v) is 9.04. The number of ether oxygens (including phenoxy) is 2. The number of carbonyl (C=O) groups excluding carboxylic acids is 2. The summed E-state index contributed by atoms with van der Waals surface area (Å²) in [5, 5.41) is 18.3. The zero-order chi connectivity index (χ0) is 22.4. The van der Waals surface area contributed by atoms with Gasteiger partial charge in [-0.05, 0) is 43.9 Å². The van der Waals surface area contributed by atoms with E-state index in [0.29, 0.717) is 31.2 Å². The highest BCUT2D eigenvalue weighted by Crippen LogP contribution is 2.26. The summed E-state index contributed by atoms with van der Waals surface area (Å²) < 4.78 is 10.4. The fourth-order valence-electron chi connectivity index (χ4n) is 2.22. The van der Waals surface area contributed by atoms with Crippen LogP contribution in [-0.4, -0.2) is 35.3 Å².